The van der Waals surface area contributed by atoms with E-state index in [0.717, 1.165) is 9.75 Å². The number of carboxylic acids is 1. The second kappa shape index (κ2) is 4.11. The lowest BCUT2D eigenvalue weighted by molar-refractivity contribution is -0.138. The Morgan fingerprint density at radius 1 is 1.77 bits per heavy atom. The van der Waals surface area contributed by atoms with Gasteiger partial charge in [0.2, 0.25) is 0 Å². The molecule has 72 valence electrons. The predicted octanol–water partition coefficient (Wildman–Crippen LogP) is 3.29. The van der Waals surface area contributed by atoms with Gasteiger partial charge in [0.25, 0.3) is 0 Å². The first-order chi connectivity index (χ1) is 6.06. The molecule has 1 aromatic heterocycles. The van der Waals surface area contributed by atoms with Crippen LogP contribution in [0.5, 0.6) is 0 Å². The Hall–Kier alpha value is -0.540. The van der Waals surface area contributed by atoms with Gasteiger partial charge in [-0.15, -0.1) is 11.3 Å². The summed E-state index contributed by atoms with van der Waals surface area (Å²) in [4.78, 5) is 12.6. The van der Waals surface area contributed by atoms with E-state index in [1.54, 1.807) is 6.07 Å². The highest BCUT2D eigenvalue weighted by atomic mass is 35.5. The van der Waals surface area contributed by atoms with Crippen LogP contribution < -0.4 is 0 Å². The fourth-order valence-corrected chi connectivity index (χ4v) is 2.55. The van der Waals surface area contributed by atoms with Crippen LogP contribution in [0.1, 0.15) is 29.0 Å². The molecule has 2 nitrogen and oxygen atoms in total. The third kappa shape index (κ3) is 2.23. The van der Waals surface area contributed by atoms with E-state index in [0.29, 0.717) is 11.4 Å². The maximum Gasteiger partial charge on any atom is 0.311 e. The molecule has 0 saturated heterocycles. The number of halogens is 1. The minimum atomic E-state index is -0.777. The Kier molecular flexibility index (Phi) is 3.33. The number of aliphatic carboxylic acids is 1. The van der Waals surface area contributed by atoms with E-state index < -0.39 is 11.9 Å². The zero-order valence-electron chi connectivity index (χ0n) is 7.50. The topological polar surface area (TPSA) is 37.3 Å². The first-order valence-corrected chi connectivity index (χ1v) is 5.24. The quantitative estimate of drug-likeness (QED) is 0.846. The van der Waals surface area contributed by atoms with Gasteiger partial charge in [-0.1, -0.05) is 18.5 Å². The molecule has 1 aromatic rings. The Labute approximate surface area is 86.2 Å². The zero-order chi connectivity index (χ0) is 10.0. The third-order valence-corrected chi connectivity index (χ3v) is 3.59. The minimum absolute atomic E-state index is 0.406. The van der Waals surface area contributed by atoms with E-state index in [4.69, 9.17) is 16.7 Å². The van der Waals surface area contributed by atoms with Gasteiger partial charge in [0.05, 0.1) is 10.9 Å². The number of hydrogen-bond donors (Lipinski definition) is 1. The number of hydrogen-bond acceptors (Lipinski definition) is 2. The SMILES string of the molecule is CCC(C(=O)O)c1cc(Cl)c(C)s1. The number of carbonyl (C=O) groups is 1. The lowest BCUT2D eigenvalue weighted by Crippen LogP contribution is -2.08. The average molecular weight is 219 g/mol. The number of aryl methyl sites for hydroxylation is 1. The molecule has 0 aliphatic heterocycles. The van der Waals surface area contributed by atoms with Crippen molar-refractivity contribution >= 4 is 28.9 Å². The van der Waals surface area contributed by atoms with Gasteiger partial charge in [0, 0.05) is 9.75 Å². The van der Waals surface area contributed by atoms with E-state index in [1.807, 2.05) is 13.8 Å². The molecule has 0 spiro atoms. The highest BCUT2D eigenvalue weighted by Gasteiger charge is 2.20. The zero-order valence-corrected chi connectivity index (χ0v) is 9.08. The molecule has 0 radical (unpaired) electrons. The average Bonchev–Trinajstić information content (AvgIpc) is 2.32. The van der Waals surface area contributed by atoms with Gasteiger partial charge in [-0.05, 0) is 19.4 Å². The Morgan fingerprint density at radius 3 is 2.69 bits per heavy atom. The molecule has 1 atom stereocenters. The molecule has 0 aliphatic carbocycles. The van der Waals surface area contributed by atoms with Crippen LogP contribution in [0.3, 0.4) is 0 Å². The number of thiophene rings is 1. The summed E-state index contributed by atoms with van der Waals surface area (Å²) < 4.78 is 0. The van der Waals surface area contributed by atoms with Crippen LogP contribution in [0.2, 0.25) is 5.02 Å². The fraction of sp³-hybridized carbons (Fsp3) is 0.444. The largest absolute Gasteiger partial charge is 0.481 e. The van der Waals surface area contributed by atoms with Crippen LogP contribution in [0.4, 0.5) is 0 Å². The minimum Gasteiger partial charge on any atom is -0.481 e. The second-order valence-electron chi connectivity index (χ2n) is 2.85. The van der Waals surface area contributed by atoms with Gasteiger partial charge in [-0.25, -0.2) is 0 Å². The summed E-state index contributed by atoms with van der Waals surface area (Å²) in [6, 6.07) is 1.75. The van der Waals surface area contributed by atoms with Crippen LogP contribution in [-0.4, -0.2) is 11.1 Å². The Balaban J connectivity index is 2.98. The van der Waals surface area contributed by atoms with Gasteiger partial charge < -0.3 is 5.11 Å². The molecular formula is C9H11ClO2S. The third-order valence-electron chi connectivity index (χ3n) is 1.93. The lowest BCUT2D eigenvalue weighted by atomic mass is 10.1. The molecule has 1 N–H and O–H groups in total. The van der Waals surface area contributed by atoms with Gasteiger partial charge >= 0.3 is 5.97 Å². The van der Waals surface area contributed by atoms with E-state index >= 15 is 0 Å². The van der Waals surface area contributed by atoms with Crippen LogP contribution in [-0.2, 0) is 4.79 Å². The highest BCUT2D eigenvalue weighted by Crippen LogP contribution is 2.32. The Morgan fingerprint density at radius 2 is 2.38 bits per heavy atom. The van der Waals surface area contributed by atoms with Crippen LogP contribution in [0.25, 0.3) is 0 Å². The molecular weight excluding hydrogens is 208 g/mol. The normalized spacial score (nSPS) is 12.8. The highest BCUT2D eigenvalue weighted by molar-refractivity contribution is 7.12. The molecule has 13 heavy (non-hydrogen) atoms. The van der Waals surface area contributed by atoms with Crippen LogP contribution in [0.15, 0.2) is 6.07 Å². The first kappa shape index (κ1) is 10.5. The van der Waals surface area contributed by atoms with Crippen molar-refractivity contribution < 1.29 is 9.90 Å². The summed E-state index contributed by atoms with van der Waals surface area (Å²) >= 11 is 7.32. The Bertz CT molecular complexity index is 300. The molecule has 4 heteroatoms. The summed E-state index contributed by atoms with van der Waals surface area (Å²) in [5.41, 5.74) is 0. The van der Waals surface area contributed by atoms with Crippen molar-refractivity contribution in [1.29, 1.82) is 0 Å². The fourth-order valence-electron chi connectivity index (χ4n) is 1.15. The molecule has 0 aromatic carbocycles. The van der Waals surface area contributed by atoms with Gasteiger partial charge in [0.1, 0.15) is 0 Å². The maximum atomic E-state index is 10.8. The number of carboxylic acid groups (broad SMARTS) is 1. The van der Waals surface area contributed by atoms with Crippen molar-refractivity contribution in [2.24, 2.45) is 0 Å². The molecule has 0 fully saturated rings. The molecule has 1 rings (SSSR count). The monoisotopic (exact) mass is 218 g/mol. The maximum absolute atomic E-state index is 10.8. The predicted molar refractivity (Wildman–Crippen MR) is 54.7 cm³/mol. The van der Waals surface area contributed by atoms with Crippen molar-refractivity contribution in [3.05, 3.63) is 20.8 Å². The molecule has 1 heterocycles. The van der Waals surface area contributed by atoms with Gasteiger partial charge in [-0.2, -0.15) is 0 Å². The molecule has 0 aliphatic rings. The summed E-state index contributed by atoms with van der Waals surface area (Å²) in [7, 11) is 0. The second-order valence-corrected chi connectivity index (χ2v) is 4.55. The van der Waals surface area contributed by atoms with E-state index in [-0.39, 0.29) is 0 Å². The molecule has 0 saturated carbocycles. The first-order valence-electron chi connectivity index (χ1n) is 4.05. The standard InChI is InChI=1S/C9H11ClO2S/c1-3-6(9(11)12)8-4-7(10)5(2)13-8/h4,6H,3H2,1-2H3,(H,11,12). The van der Waals surface area contributed by atoms with Crippen molar-refractivity contribution in [1.82, 2.24) is 0 Å². The lowest BCUT2D eigenvalue weighted by Gasteiger charge is -2.05. The number of rotatable bonds is 3. The van der Waals surface area contributed by atoms with Crippen molar-refractivity contribution in [2.75, 3.05) is 0 Å². The van der Waals surface area contributed by atoms with Crippen LogP contribution in [0, 0.1) is 6.92 Å². The molecule has 1 unspecified atom stereocenters. The van der Waals surface area contributed by atoms with E-state index in [1.165, 1.54) is 11.3 Å². The van der Waals surface area contributed by atoms with Gasteiger partial charge in [-0.3, -0.25) is 4.79 Å². The summed E-state index contributed by atoms with van der Waals surface area (Å²) in [6.45, 7) is 3.76. The summed E-state index contributed by atoms with van der Waals surface area (Å²) in [6.07, 6.45) is 0.603. The summed E-state index contributed by atoms with van der Waals surface area (Å²) in [5.74, 6) is -1.18. The van der Waals surface area contributed by atoms with E-state index in [9.17, 15) is 4.79 Å². The van der Waals surface area contributed by atoms with E-state index in [2.05, 4.69) is 0 Å². The molecule has 0 bridgehead atoms. The van der Waals surface area contributed by atoms with Gasteiger partial charge in [0.15, 0.2) is 0 Å². The van der Waals surface area contributed by atoms with Crippen molar-refractivity contribution in [3.8, 4) is 0 Å². The van der Waals surface area contributed by atoms with Crippen molar-refractivity contribution in [3.63, 3.8) is 0 Å². The van der Waals surface area contributed by atoms with Crippen LogP contribution >= 0.6 is 22.9 Å². The summed E-state index contributed by atoms with van der Waals surface area (Å²) in [5, 5.41) is 9.56. The molecule has 0 amide bonds. The smallest absolute Gasteiger partial charge is 0.311 e. The van der Waals surface area contributed by atoms with Crippen molar-refractivity contribution in [2.45, 2.75) is 26.2 Å².